The van der Waals surface area contributed by atoms with Gasteiger partial charge >= 0.3 is 30.2 Å². The summed E-state index contributed by atoms with van der Waals surface area (Å²) >= 11 is 0. The number of amides is 5. The first kappa shape index (κ1) is 57.3. The number of methoxy groups -OCH3 is 1. The highest BCUT2D eigenvalue weighted by Crippen LogP contribution is 2.44. The van der Waals surface area contributed by atoms with Gasteiger partial charge in [0.15, 0.2) is 0 Å². The molecule has 0 aliphatic carbocycles. The first-order chi connectivity index (χ1) is 34.1. The predicted molar refractivity (Wildman–Crippen MR) is 282 cm³/mol. The van der Waals surface area contributed by atoms with Gasteiger partial charge in [-0.25, -0.2) is 14.4 Å². The molecule has 5 amide bonds. The van der Waals surface area contributed by atoms with Crippen molar-refractivity contribution in [2.45, 2.75) is 128 Å². The van der Waals surface area contributed by atoms with Crippen LogP contribution >= 0.6 is 0 Å². The molecule has 6 N–H and O–H groups in total. The van der Waals surface area contributed by atoms with Gasteiger partial charge < -0.3 is 40.8 Å². The standard InChI is InChI=1S/C16H21NO4.C15H20N2O3.C15H19NO4.C10H12N2O/c1-15(2,3)21-14(19)17-10-16(4,13(18)20-5)11-8-6-7-9-12(11)17;1-14(2,3)20-13(19)17-9-15(4,12(16)18)10-7-5-6-8-11(10)17;1-14(2,3)20-13(19)16-9-15(4,12(17)18)10-7-5-6-8-11(10)16;1-10(9(11)13)6-12-8-5-3-2-4-7(8)10/h6-9H,10H2,1-5H3;5-8H,9H2,1-4H3,(H2,16,18);5-8H,9H2,1-4H3,(H,17,18);2-5,12H,6H2,1H3,(H2,11,13). The third-order valence-electron chi connectivity index (χ3n) is 13.0. The second-order valence-corrected chi connectivity index (χ2v) is 22.5. The minimum Gasteiger partial charge on any atom is -0.481 e. The van der Waals surface area contributed by atoms with E-state index in [-0.39, 0.29) is 31.5 Å². The number of fused-ring (bicyclic) bond motifs is 4. The van der Waals surface area contributed by atoms with E-state index in [1.54, 1.807) is 92.6 Å². The van der Waals surface area contributed by atoms with Gasteiger partial charge in [-0.1, -0.05) is 72.8 Å². The van der Waals surface area contributed by atoms with Gasteiger partial charge in [-0.05, 0) is 137 Å². The fourth-order valence-electron chi connectivity index (χ4n) is 8.93. The van der Waals surface area contributed by atoms with E-state index in [1.165, 1.54) is 21.8 Å². The van der Waals surface area contributed by atoms with Gasteiger partial charge in [0.2, 0.25) is 11.8 Å². The van der Waals surface area contributed by atoms with Gasteiger partial charge in [0.1, 0.15) is 27.6 Å². The number of hydrogen-bond acceptors (Lipinski definition) is 12. The van der Waals surface area contributed by atoms with Crippen LogP contribution < -0.4 is 31.5 Å². The number of nitrogens with two attached hydrogens (primary N) is 2. The first-order valence-corrected chi connectivity index (χ1v) is 24.2. The van der Waals surface area contributed by atoms with Gasteiger partial charge in [0, 0.05) is 31.9 Å². The summed E-state index contributed by atoms with van der Waals surface area (Å²) in [5.41, 5.74) is 11.9. The highest BCUT2D eigenvalue weighted by molar-refractivity contribution is 6.00. The Bertz CT molecular complexity index is 2710. The molecule has 18 nitrogen and oxygen atoms in total. The molecule has 4 aliphatic heterocycles. The third kappa shape index (κ3) is 12.1. The number of benzene rings is 4. The van der Waals surface area contributed by atoms with Crippen molar-refractivity contribution in [1.82, 2.24) is 0 Å². The van der Waals surface area contributed by atoms with Crippen LogP contribution in [0.5, 0.6) is 0 Å². The molecule has 4 unspecified atom stereocenters. The zero-order valence-electron chi connectivity index (χ0n) is 45.0. The van der Waals surface area contributed by atoms with Crippen LogP contribution in [0.4, 0.5) is 37.1 Å². The van der Waals surface area contributed by atoms with Crippen molar-refractivity contribution >= 4 is 64.8 Å². The summed E-state index contributed by atoms with van der Waals surface area (Å²) < 4.78 is 21.1. The molecule has 0 fully saturated rings. The van der Waals surface area contributed by atoms with Crippen molar-refractivity contribution in [2.75, 3.05) is 53.3 Å². The average molecular weight is 1020 g/mol. The Kier molecular flexibility index (Phi) is 16.3. The number of carbonyl (C=O) groups is 7. The molecule has 4 aromatic carbocycles. The molecule has 0 saturated heterocycles. The molecule has 4 aliphatic rings. The van der Waals surface area contributed by atoms with Crippen molar-refractivity contribution in [3.8, 4) is 0 Å². The van der Waals surface area contributed by atoms with Crippen molar-refractivity contribution < 1.29 is 57.6 Å². The minimum absolute atomic E-state index is 0.0800. The van der Waals surface area contributed by atoms with Crippen LogP contribution in [0.1, 0.15) is 112 Å². The van der Waals surface area contributed by atoms with Crippen molar-refractivity contribution in [3.05, 3.63) is 119 Å². The monoisotopic (exact) mass is 1020 g/mol. The summed E-state index contributed by atoms with van der Waals surface area (Å²) in [4.78, 5) is 88.0. The zero-order valence-corrected chi connectivity index (χ0v) is 45.0. The van der Waals surface area contributed by atoms with Gasteiger partial charge in [-0.2, -0.15) is 0 Å². The second kappa shape index (κ2) is 21.1. The van der Waals surface area contributed by atoms with Gasteiger partial charge in [0.05, 0.1) is 35.0 Å². The number of carboxylic acid groups (broad SMARTS) is 1. The Morgan fingerprint density at radius 3 is 1.15 bits per heavy atom. The number of aliphatic carboxylic acids is 1. The maximum Gasteiger partial charge on any atom is 0.414 e. The molecular formula is C56H72N6O12. The quantitative estimate of drug-likeness (QED) is 0.110. The number of nitrogens with zero attached hydrogens (tertiary/aromatic N) is 3. The van der Waals surface area contributed by atoms with Crippen LogP contribution in [0.2, 0.25) is 0 Å². The minimum atomic E-state index is -1.10. The smallest absolute Gasteiger partial charge is 0.414 e. The third-order valence-corrected chi connectivity index (χ3v) is 13.0. The topological polar surface area (TPSA) is 250 Å². The molecule has 0 bridgehead atoms. The molecule has 398 valence electrons. The maximum atomic E-state index is 12.4. The first-order valence-electron chi connectivity index (χ1n) is 24.2. The maximum absolute atomic E-state index is 12.4. The molecule has 4 atom stereocenters. The summed E-state index contributed by atoms with van der Waals surface area (Å²) in [6, 6.07) is 29.4. The highest BCUT2D eigenvalue weighted by atomic mass is 16.6. The SMILES string of the molecule is CC(C)(C)OC(=O)N1CC(C)(C(=O)O)c2ccccc21.CC(C)(C)OC(=O)N1CC(C)(C(N)=O)c2ccccc21.CC1(C(N)=O)CNc2ccccc21.COC(=O)C1(C)CN(C(=O)OC(C)(C)C)c2ccccc21. The van der Waals surface area contributed by atoms with E-state index in [0.29, 0.717) is 29.2 Å². The van der Waals surface area contributed by atoms with Crippen molar-refractivity contribution in [3.63, 3.8) is 0 Å². The van der Waals surface area contributed by atoms with E-state index in [4.69, 9.17) is 30.4 Å². The number of ether oxygens (including phenoxy) is 4. The largest absolute Gasteiger partial charge is 0.481 e. The molecule has 0 saturated carbocycles. The number of para-hydroxylation sites is 4. The number of esters is 1. The van der Waals surface area contributed by atoms with Gasteiger partial charge in [-0.15, -0.1) is 0 Å². The normalized spacial score (nSPS) is 21.9. The van der Waals surface area contributed by atoms with Crippen LogP contribution in [0.3, 0.4) is 0 Å². The van der Waals surface area contributed by atoms with Crippen molar-refractivity contribution in [2.24, 2.45) is 11.5 Å². The molecule has 4 aromatic rings. The summed E-state index contributed by atoms with van der Waals surface area (Å²) in [5, 5.41) is 12.6. The van der Waals surface area contributed by atoms with E-state index >= 15 is 0 Å². The van der Waals surface area contributed by atoms with Crippen LogP contribution in [-0.2, 0) is 59.8 Å². The lowest BCUT2D eigenvalue weighted by Gasteiger charge is -2.26. The lowest BCUT2D eigenvalue weighted by molar-refractivity contribution is -0.146. The molecule has 0 spiro atoms. The summed E-state index contributed by atoms with van der Waals surface area (Å²) in [7, 11) is 1.35. The van der Waals surface area contributed by atoms with Crippen LogP contribution in [0, 0.1) is 0 Å². The van der Waals surface area contributed by atoms with E-state index < -0.39 is 68.6 Å². The summed E-state index contributed by atoms with van der Waals surface area (Å²) in [5.74, 6) is -2.03. The lowest BCUT2D eigenvalue weighted by atomic mass is 9.84. The van der Waals surface area contributed by atoms with Crippen LogP contribution in [-0.4, -0.2) is 97.2 Å². The molecule has 8 rings (SSSR count). The van der Waals surface area contributed by atoms with E-state index in [1.807, 2.05) is 94.4 Å². The van der Waals surface area contributed by atoms with E-state index in [0.717, 1.165) is 22.4 Å². The van der Waals surface area contributed by atoms with Crippen LogP contribution in [0.15, 0.2) is 97.1 Å². The van der Waals surface area contributed by atoms with Crippen LogP contribution in [0.25, 0.3) is 0 Å². The van der Waals surface area contributed by atoms with Gasteiger partial charge in [0.25, 0.3) is 0 Å². The number of rotatable bonds is 4. The number of carboxylic acids is 1. The predicted octanol–water partition coefficient (Wildman–Crippen LogP) is 8.70. The summed E-state index contributed by atoms with van der Waals surface area (Å²) in [6.45, 7) is 24.3. The Balaban J connectivity index is 0.000000185. The molecule has 18 heteroatoms. The average Bonchev–Trinajstić information content (AvgIpc) is 4.03. The fraction of sp³-hybridized carbons (Fsp3) is 0.446. The highest BCUT2D eigenvalue weighted by Gasteiger charge is 2.50. The number of nitrogens with one attached hydrogen (secondary N) is 1. The number of primary amides is 2. The second-order valence-electron chi connectivity index (χ2n) is 22.5. The number of anilines is 4. The van der Waals surface area contributed by atoms with Gasteiger partial charge in [-0.3, -0.25) is 33.9 Å². The summed E-state index contributed by atoms with van der Waals surface area (Å²) in [6.07, 6.45) is -1.44. The number of hydrogen-bond donors (Lipinski definition) is 4. The van der Waals surface area contributed by atoms with E-state index in [9.17, 15) is 38.7 Å². The molecule has 0 radical (unpaired) electrons. The molecule has 4 heterocycles. The number of carbonyl (C=O) groups excluding carboxylic acids is 6. The Morgan fingerprint density at radius 2 is 0.797 bits per heavy atom. The Morgan fingerprint density at radius 1 is 0.486 bits per heavy atom. The van der Waals surface area contributed by atoms with E-state index in [2.05, 4.69) is 5.32 Å². The van der Waals surface area contributed by atoms with Crippen molar-refractivity contribution in [1.29, 1.82) is 0 Å². The zero-order chi connectivity index (χ0) is 55.6. The Labute approximate surface area is 433 Å². The molecular weight excluding hydrogens is 949 g/mol. The Hall–Kier alpha value is -7.63. The molecule has 0 aromatic heterocycles. The molecule has 74 heavy (non-hydrogen) atoms. The fourth-order valence-corrected chi connectivity index (χ4v) is 8.93. The lowest BCUT2D eigenvalue weighted by Crippen LogP contribution is -2.45.